The van der Waals surface area contributed by atoms with Gasteiger partial charge in [-0.05, 0) is 56.7 Å². The summed E-state index contributed by atoms with van der Waals surface area (Å²) in [6, 6.07) is 12.3. The van der Waals surface area contributed by atoms with Gasteiger partial charge in [-0.25, -0.2) is 4.99 Å². The second kappa shape index (κ2) is 11.5. The Balaban J connectivity index is 1.95. The van der Waals surface area contributed by atoms with E-state index in [2.05, 4.69) is 4.99 Å². The third kappa shape index (κ3) is 6.26. The number of aliphatic imine (C=N–C) groups is 1. The maximum atomic E-state index is 13.1. The van der Waals surface area contributed by atoms with Crippen LogP contribution >= 0.6 is 11.8 Å². The third-order valence-corrected chi connectivity index (χ3v) is 5.75. The first-order valence-corrected chi connectivity index (χ1v) is 11.5. The molecule has 2 aromatic rings. The van der Waals surface area contributed by atoms with Crippen molar-refractivity contribution in [2.75, 3.05) is 19.8 Å². The van der Waals surface area contributed by atoms with Crippen LogP contribution in [0.2, 0.25) is 0 Å². The lowest BCUT2D eigenvalue weighted by molar-refractivity contribution is -0.307. The third-order valence-electron chi connectivity index (χ3n) is 4.67. The number of thioether (sulfide) groups is 1. The smallest absolute Gasteiger partial charge is 0.323 e. The average molecular weight is 483 g/mol. The first-order valence-electron chi connectivity index (χ1n) is 10.7. The largest absolute Gasteiger partial charge is 0.546 e. The molecule has 0 amide bonds. The fourth-order valence-electron chi connectivity index (χ4n) is 3.13. The Labute approximate surface area is 201 Å². The number of allylic oxidation sites excluding steroid dienone is 1. The van der Waals surface area contributed by atoms with Gasteiger partial charge in [0, 0.05) is 0 Å². The molecule has 1 fully saturated rings. The lowest BCUT2D eigenvalue weighted by Crippen LogP contribution is -2.29. The number of carboxylic acid groups (broad SMARTS) is 1. The maximum absolute atomic E-state index is 13.1. The van der Waals surface area contributed by atoms with Gasteiger partial charge in [0.2, 0.25) is 0 Å². The highest BCUT2D eigenvalue weighted by Gasteiger charge is 2.42. The van der Waals surface area contributed by atoms with Crippen LogP contribution in [0.25, 0.3) is 6.08 Å². The van der Waals surface area contributed by atoms with Gasteiger partial charge in [-0.3, -0.25) is 9.59 Å². The number of aliphatic carboxylic acids is 1. The van der Waals surface area contributed by atoms with Crippen LogP contribution in [0, 0.1) is 12.8 Å². The molecule has 0 saturated carbocycles. The molecular formula is C25H24NO7S-. The van der Waals surface area contributed by atoms with Crippen LogP contribution in [-0.4, -0.2) is 42.6 Å². The second-order valence-electron chi connectivity index (χ2n) is 7.25. The van der Waals surface area contributed by atoms with E-state index in [4.69, 9.17) is 14.2 Å². The molecule has 3 rings (SSSR count). The van der Waals surface area contributed by atoms with Crippen molar-refractivity contribution in [3.05, 3.63) is 58.5 Å². The number of hydrogen-bond donors (Lipinski definition) is 0. The van der Waals surface area contributed by atoms with Gasteiger partial charge in [-0.15, -0.1) is 0 Å². The molecule has 1 saturated heterocycles. The molecule has 0 aliphatic carbocycles. The number of aryl methyl sites for hydroxylation is 1. The van der Waals surface area contributed by atoms with Crippen molar-refractivity contribution in [1.82, 2.24) is 0 Å². The van der Waals surface area contributed by atoms with Crippen molar-refractivity contribution in [3.8, 4) is 11.5 Å². The van der Waals surface area contributed by atoms with Gasteiger partial charge in [0.05, 0.1) is 29.8 Å². The Morgan fingerprint density at radius 3 is 2.44 bits per heavy atom. The van der Waals surface area contributed by atoms with Crippen LogP contribution in [-0.2, 0) is 19.1 Å². The lowest BCUT2D eigenvalue weighted by atomic mass is 10.0. The van der Waals surface area contributed by atoms with Crippen LogP contribution in [0.3, 0.4) is 0 Å². The highest BCUT2D eigenvalue weighted by atomic mass is 32.2. The van der Waals surface area contributed by atoms with Gasteiger partial charge in [0.15, 0.2) is 23.2 Å². The molecule has 1 aliphatic heterocycles. The molecule has 34 heavy (non-hydrogen) atoms. The van der Waals surface area contributed by atoms with Gasteiger partial charge >= 0.3 is 5.97 Å². The molecule has 0 spiro atoms. The molecule has 1 unspecified atom stereocenters. The number of benzene rings is 2. The van der Waals surface area contributed by atoms with Crippen LogP contribution in [0.1, 0.15) is 25.0 Å². The molecule has 0 bridgehead atoms. The van der Waals surface area contributed by atoms with E-state index in [0.717, 1.165) is 17.3 Å². The van der Waals surface area contributed by atoms with E-state index in [-0.39, 0.29) is 12.4 Å². The summed E-state index contributed by atoms with van der Waals surface area (Å²) < 4.78 is 15.9. The zero-order valence-corrected chi connectivity index (χ0v) is 19.8. The highest BCUT2D eigenvalue weighted by Crippen LogP contribution is 2.39. The summed E-state index contributed by atoms with van der Waals surface area (Å²) in [5.74, 6) is -2.96. The van der Waals surface area contributed by atoms with Gasteiger partial charge in [0.1, 0.15) is 11.7 Å². The standard InChI is InChI=1S/C25H25NO7S/c1-4-31-19-12-16(8-11-18(19)33-14-21(27)28)13-20-23(29)22(25(30)32-5-2)24(34-20)26-17-9-6-15(3)7-10-17/h6-13,22H,4-5,14H2,1-3H3,(H,27,28)/p-1/b20-13-,26-24?. The molecule has 0 N–H and O–H groups in total. The predicted octanol–water partition coefficient (Wildman–Crippen LogP) is 3.09. The van der Waals surface area contributed by atoms with Crippen LogP contribution in [0.5, 0.6) is 11.5 Å². The molecule has 0 aromatic heterocycles. The van der Waals surface area contributed by atoms with Gasteiger partial charge in [0.25, 0.3) is 0 Å². The quantitative estimate of drug-likeness (QED) is 0.304. The minimum absolute atomic E-state index is 0.148. The SMILES string of the molecule is CCOC(=O)C1C(=O)/C(=C/c2ccc(OCC(=O)[O-])c(OCC)c2)SC1=Nc1ccc(C)cc1. The first kappa shape index (κ1) is 25.0. The number of carbonyl (C=O) groups excluding carboxylic acids is 3. The van der Waals surface area contributed by atoms with E-state index in [9.17, 15) is 19.5 Å². The number of Topliss-reactive ketones (excluding diaryl/α,β-unsaturated/α-hetero) is 1. The first-order chi connectivity index (χ1) is 16.3. The summed E-state index contributed by atoms with van der Waals surface area (Å²) in [5, 5.41) is 11.1. The molecular weight excluding hydrogens is 458 g/mol. The molecule has 9 heteroatoms. The van der Waals surface area contributed by atoms with Crippen molar-refractivity contribution >= 4 is 46.3 Å². The Bertz CT molecular complexity index is 1140. The van der Waals surface area contributed by atoms with Crippen LogP contribution in [0.15, 0.2) is 52.4 Å². The Morgan fingerprint density at radius 1 is 1.06 bits per heavy atom. The number of nitrogens with zero attached hydrogens (tertiary/aromatic N) is 1. The molecule has 1 aliphatic rings. The van der Waals surface area contributed by atoms with Crippen LogP contribution < -0.4 is 14.6 Å². The van der Waals surface area contributed by atoms with Crippen molar-refractivity contribution in [3.63, 3.8) is 0 Å². The fourth-order valence-corrected chi connectivity index (χ4v) is 4.25. The van der Waals surface area contributed by atoms with Crippen molar-refractivity contribution in [2.24, 2.45) is 10.9 Å². The molecule has 0 radical (unpaired) electrons. The van der Waals surface area contributed by atoms with E-state index in [0.29, 0.717) is 33.6 Å². The molecule has 1 atom stereocenters. The maximum Gasteiger partial charge on any atom is 0.323 e. The highest BCUT2D eigenvalue weighted by molar-refractivity contribution is 8.19. The Kier molecular flexibility index (Phi) is 8.48. The number of ketones is 1. The molecule has 2 aromatic carbocycles. The zero-order chi connectivity index (χ0) is 24.7. The summed E-state index contributed by atoms with van der Waals surface area (Å²) in [6.45, 7) is 5.27. The summed E-state index contributed by atoms with van der Waals surface area (Å²) in [6.07, 6.45) is 1.63. The molecule has 178 valence electrons. The zero-order valence-electron chi connectivity index (χ0n) is 19.0. The Hall–Kier alpha value is -3.59. The summed E-state index contributed by atoms with van der Waals surface area (Å²) in [5.41, 5.74) is 2.31. The van der Waals surface area contributed by atoms with Crippen molar-refractivity contribution < 1.29 is 33.7 Å². The van der Waals surface area contributed by atoms with Gasteiger partial charge < -0.3 is 24.1 Å². The number of carboxylic acids is 1. The summed E-state index contributed by atoms with van der Waals surface area (Å²) in [4.78, 5) is 41.3. The number of carbonyl (C=O) groups is 3. The van der Waals surface area contributed by atoms with E-state index < -0.39 is 30.2 Å². The monoisotopic (exact) mass is 482 g/mol. The normalized spacial score (nSPS) is 17.7. The number of rotatable bonds is 9. The van der Waals surface area contributed by atoms with E-state index in [1.54, 1.807) is 38.1 Å². The number of hydrogen-bond acceptors (Lipinski definition) is 9. The van der Waals surface area contributed by atoms with E-state index in [1.807, 2.05) is 31.2 Å². The lowest BCUT2D eigenvalue weighted by Gasteiger charge is -2.13. The number of ether oxygens (including phenoxy) is 3. The summed E-state index contributed by atoms with van der Waals surface area (Å²) >= 11 is 1.12. The topological polar surface area (TPSA) is 114 Å². The van der Waals surface area contributed by atoms with Gasteiger partial charge in [-0.2, -0.15) is 0 Å². The predicted molar refractivity (Wildman–Crippen MR) is 127 cm³/mol. The minimum Gasteiger partial charge on any atom is -0.546 e. The minimum atomic E-state index is -1.35. The van der Waals surface area contributed by atoms with E-state index in [1.165, 1.54) is 0 Å². The van der Waals surface area contributed by atoms with Crippen LogP contribution in [0.4, 0.5) is 5.69 Å². The summed E-state index contributed by atoms with van der Waals surface area (Å²) in [7, 11) is 0. The van der Waals surface area contributed by atoms with Gasteiger partial charge in [-0.1, -0.05) is 35.5 Å². The van der Waals surface area contributed by atoms with E-state index >= 15 is 0 Å². The molecule has 8 nitrogen and oxygen atoms in total. The fraction of sp³-hybridized carbons (Fsp3) is 0.280. The second-order valence-corrected chi connectivity index (χ2v) is 8.31. The number of esters is 1. The van der Waals surface area contributed by atoms with Crippen molar-refractivity contribution in [1.29, 1.82) is 0 Å². The molecule has 1 heterocycles. The Morgan fingerprint density at radius 2 is 1.79 bits per heavy atom. The van der Waals surface area contributed by atoms with Crippen molar-refractivity contribution in [2.45, 2.75) is 20.8 Å². The average Bonchev–Trinajstić information content (AvgIpc) is 3.09.